The Hall–Kier alpha value is -1.82. The Balaban J connectivity index is 1.75. The first-order valence-electron chi connectivity index (χ1n) is 7.42. The Bertz CT molecular complexity index is 744. The first kappa shape index (κ1) is 17.0. The van der Waals surface area contributed by atoms with Crippen molar-refractivity contribution in [3.63, 3.8) is 0 Å². The van der Waals surface area contributed by atoms with Crippen molar-refractivity contribution in [3.05, 3.63) is 57.8 Å². The third kappa shape index (κ3) is 3.98. The number of ether oxygens (including phenoxy) is 1. The maximum absolute atomic E-state index is 14.3. The lowest BCUT2D eigenvalue weighted by Crippen LogP contribution is -2.36. The second kappa shape index (κ2) is 7.38. The minimum atomic E-state index is -0.405. The minimum Gasteiger partial charge on any atom is -0.378 e. The highest BCUT2D eigenvalue weighted by molar-refractivity contribution is 6.35. The van der Waals surface area contributed by atoms with Crippen LogP contribution in [-0.4, -0.2) is 32.2 Å². The highest BCUT2D eigenvalue weighted by atomic mass is 35.5. The molecule has 0 saturated carbocycles. The zero-order valence-corrected chi connectivity index (χ0v) is 14.2. The van der Waals surface area contributed by atoms with E-state index in [0.29, 0.717) is 53.3 Å². The normalized spacial score (nSPS) is 14.5. The predicted molar refractivity (Wildman–Crippen MR) is 93.8 cm³/mol. The summed E-state index contributed by atoms with van der Waals surface area (Å²) in [7, 11) is 0. The summed E-state index contributed by atoms with van der Waals surface area (Å²) >= 11 is 11.8. The van der Waals surface area contributed by atoms with Gasteiger partial charge in [-0.3, -0.25) is 4.79 Å². The zero-order valence-electron chi connectivity index (χ0n) is 12.7. The molecule has 3 rings (SSSR count). The van der Waals surface area contributed by atoms with Crippen LogP contribution in [-0.2, 0) is 4.74 Å². The van der Waals surface area contributed by atoms with Gasteiger partial charge in [-0.05, 0) is 36.4 Å². The molecule has 7 heteroatoms. The molecule has 1 amide bonds. The number of amides is 1. The third-order valence-corrected chi connectivity index (χ3v) is 4.12. The van der Waals surface area contributed by atoms with Gasteiger partial charge in [0.1, 0.15) is 5.82 Å². The van der Waals surface area contributed by atoms with E-state index in [1.54, 1.807) is 12.1 Å². The van der Waals surface area contributed by atoms with Crippen LogP contribution in [0.4, 0.5) is 15.8 Å². The molecule has 0 spiro atoms. The SMILES string of the molecule is O=C(Nc1ccc(N2CCOCC2)c(F)c1)c1cc(Cl)cc(Cl)c1. The fraction of sp³-hybridized carbons (Fsp3) is 0.235. The van der Waals surface area contributed by atoms with E-state index in [4.69, 9.17) is 27.9 Å². The Kier molecular flexibility index (Phi) is 5.23. The lowest BCUT2D eigenvalue weighted by Gasteiger charge is -2.29. The van der Waals surface area contributed by atoms with Gasteiger partial charge in [0, 0.05) is 34.4 Å². The van der Waals surface area contributed by atoms with Crippen molar-refractivity contribution in [3.8, 4) is 0 Å². The van der Waals surface area contributed by atoms with E-state index in [1.807, 2.05) is 4.90 Å². The molecule has 4 nitrogen and oxygen atoms in total. The largest absolute Gasteiger partial charge is 0.378 e. The first-order chi connectivity index (χ1) is 11.5. The molecule has 0 aromatic heterocycles. The fourth-order valence-corrected chi connectivity index (χ4v) is 3.06. The van der Waals surface area contributed by atoms with E-state index in [0.717, 1.165) is 0 Å². The number of anilines is 2. The molecule has 2 aromatic carbocycles. The second-order valence-corrected chi connectivity index (χ2v) is 6.25. The van der Waals surface area contributed by atoms with Crippen LogP contribution < -0.4 is 10.2 Å². The molecule has 0 bridgehead atoms. The van der Waals surface area contributed by atoms with E-state index >= 15 is 0 Å². The van der Waals surface area contributed by atoms with Crippen LogP contribution in [0.5, 0.6) is 0 Å². The highest BCUT2D eigenvalue weighted by Gasteiger charge is 2.16. The molecule has 126 valence electrons. The predicted octanol–water partition coefficient (Wildman–Crippen LogP) is 4.22. The van der Waals surface area contributed by atoms with E-state index < -0.39 is 5.91 Å². The van der Waals surface area contributed by atoms with Crippen molar-refractivity contribution in [2.45, 2.75) is 0 Å². The third-order valence-electron chi connectivity index (χ3n) is 3.68. The topological polar surface area (TPSA) is 41.6 Å². The molecule has 0 unspecified atom stereocenters. The van der Waals surface area contributed by atoms with Crippen LogP contribution in [0, 0.1) is 5.82 Å². The van der Waals surface area contributed by atoms with Crippen molar-refractivity contribution in [1.82, 2.24) is 0 Å². The first-order valence-corrected chi connectivity index (χ1v) is 8.18. The van der Waals surface area contributed by atoms with Crippen molar-refractivity contribution in [2.75, 3.05) is 36.5 Å². The quantitative estimate of drug-likeness (QED) is 0.881. The van der Waals surface area contributed by atoms with E-state index in [2.05, 4.69) is 5.32 Å². The number of carbonyl (C=O) groups is 1. The molecule has 1 aliphatic heterocycles. The summed E-state index contributed by atoms with van der Waals surface area (Å²) in [5.41, 5.74) is 1.18. The van der Waals surface area contributed by atoms with Gasteiger partial charge in [0.05, 0.1) is 18.9 Å². The van der Waals surface area contributed by atoms with Crippen LogP contribution >= 0.6 is 23.2 Å². The highest BCUT2D eigenvalue weighted by Crippen LogP contribution is 2.25. The lowest BCUT2D eigenvalue weighted by molar-refractivity contribution is 0.102. The molecule has 24 heavy (non-hydrogen) atoms. The van der Waals surface area contributed by atoms with Crippen LogP contribution in [0.25, 0.3) is 0 Å². The summed E-state index contributed by atoms with van der Waals surface area (Å²) in [6, 6.07) is 9.16. The lowest BCUT2D eigenvalue weighted by atomic mass is 10.2. The van der Waals surface area contributed by atoms with Gasteiger partial charge >= 0.3 is 0 Å². The number of nitrogens with one attached hydrogen (secondary N) is 1. The van der Waals surface area contributed by atoms with Gasteiger partial charge in [-0.2, -0.15) is 0 Å². The molecule has 1 fully saturated rings. The van der Waals surface area contributed by atoms with E-state index in [-0.39, 0.29) is 5.82 Å². The van der Waals surface area contributed by atoms with Crippen LogP contribution in [0.2, 0.25) is 10.0 Å². The van der Waals surface area contributed by atoms with Crippen LogP contribution in [0.1, 0.15) is 10.4 Å². The molecule has 1 saturated heterocycles. The van der Waals surface area contributed by atoms with Crippen molar-refractivity contribution >= 4 is 40.5 Å². The standard InChI is InChI=1S/C17H15Cl2FN2O2/c18-12-7-11(8-13(19)9-12)17(23)21-14-1-2-16(15(20)10-14)22-3-5-24-6-4-22/h1-2,7-10H,3-6H2,(H,21,23). The van der Waals surface area contributed by atoms with Gasteiger partial charge in [-0.15, -0.1) is 0 Å². The zero-order chi connectivity index (χ0) is 17.1. The Morgan fingerprint density at radius 3 is 2.38 bits per heavy atom. The average Bonchev–Trinajstić information content (AvgIpc) is 2.55. The molecule has 0 radical (unpaired) electrons. The summed E-state index contributed by atoms with van der Waals surface area (Å²) in [5.74, 6) is -0.795. The van der Waals surface area contributed by atoms with E-state index in [1.165, 1.54) is 24.3 Å². The smallest absolute Gasteiger partial charge is 0.255 e. The summed E-state index contributed by atoms with van der Waals surface area (Å²) in [6.07, 6.45) is 0. The Labute approximate surface area is 149 Å². The van der Waals surface area contributed by atoms with Crippen molar-refractivity contribution in [2.24, 2.45) is 0 Å². The summed E-state index contributed by atoms with van der Waals surface area (Å²) in [5, 5.41) is 3.37. The number of carbonyl (C=O) groups excluding carboxylic acids is 1. The number of halogens is 3. The summed E-state index contributed by atoms with van der Waals surface area (Å²) in [4.78, 5) is 14.2. The van der Waals surface area contributed by atoms with Crippen molar-refractivity contribution < 1.29 is 13.9 Å². The number of morpholine rings is 1. The van der Waals surface area contributed by atoms with Crippen LogP contribution in [0.15, 0.2) is 36.4 Å². The monoisotopic (exact) mass is 368 g/mol. The molecule has 1 heterocycles. The van der Waals surface area contributed by atoms with Gasteiger partial charge in [0.15, 0.2) is 0 Å². The summed E-state index contributed by atoms with van der Waals surface area (Å²) < 4.78 is 19.6. The number of rotatable bonds is 3. The number of hydrogen-bond donors (Lipinski definition) is 1. The molecule has 2 aromatic rings. The van der Waals surface area contributed by atoms with Crippen molar-refractivity contribution in [1.29, 1.82) is 0 Å². The number of nitrogens with zero attached hydrogens (tertiary/aromatic N) is 1. The van der Waals surface area contributed by atoms with Gasteiger partial charge in [0.2, 0.25) is 0 Å². The van der Waals surface area contributed by atoms with Gasteiger partial charge in [-0.25, -0.2) is 4.39 Å². The number of hydrogen-bond acceptors (Lipinski definition) is 3. The maximum atomic E-state index is 14.3. The minimum absolute atomic E-state index is 0.310. The van der Waals surface area contributed by atoms with E-state index in [9.17, 15) is 9.18 Å². The molecule has 0 atom stereocenters. The van der Waals surface area contributed by atoms with Gasteiger partial charge in [0.25, 0.3) is 5.91 Å². The van der Waals surface area contributed by atoms with Gasteiger partial charge < -0.3 is 15.0 Å². The van der Waals surface area contributed by atoms with Gasteiger partial charge in [-0.1, -0.05) is 23.2 Å². The molecule has 1 N–H and O–H groups in total. The number of benzene rings is 2. The summed E-state index contributed by atoms with van der Waals surface area (Å²) in [6.45, 7) is 2.44. The molecular formula is C17H15Cl2FN2O2. The average molecular weight is 369 g/mol. The Morgan fingerprint density at radius 2 is 1.75 bits per heavy atom. The molecule has 0 aliphatic carbocycles. The molecule has 1 aliphatic rings. The molecular weight excluding hydrogens is 354 g/mol. The Morgan fingerprint density at radius 1 is 1.08 bits per heavy atom. The van der Waals surface area contributed by atoms with Crippen LogP contribution in [0.3, 0.4) is 0 Å². The second-order valence-electron chi connectivity index (χ2n) is 5.38. The maximum Gasteiger partial charge on any atom is 0.255 e. The fourth-order valence-electron chi connectivity index (χ4n) is 2.53.